The summed E-state index contributed by atoms with van der Waals surface area (Å²) < 4.78 is 13.1. The van der Waals surface area contributed by atoms with Crippen LogP contribution in [0.5, 0.6) is 5.75 Å². The number of carbonyl (C=O) groups excluding carboxylic acids is 2. The second kappa shape index (κ2) is 10.5. The van der Waals surface area contributed by atoms with Crippen molar-refractivity contribution in [3.63, 3.8) is 0 Å². The van der Waals surface area contributed by atoms with Crippen LogP contribution in [0, 0.1) is 19.3 Å². The molecule has 3 N–H and O–H groups in total. The van der Waals surface area contributed by atoms with Crippen LogP contribution in [-0.2, 0) is 4.74 Å². The standard InChI is InChI=1S/C29H34N4O4/c1-18-19(2)33(22-9-7-6-8-10-22)16-24(18)27(34)31-14-13-21-17-36-25-12-11-20(15-23(21)25)26(30)32-28(35)37-29(3,4)5/h6-12,15-16,21H,13-14,17H2,1-5H3,(H,31,34)(H2,30,32,35). The molecule has 0 fully saturated rings. The Balaban J connectivity index is 1.37. The van der Waals surface area contributed by atoms with Gasteiger partial charge in [-0.2, -0.15) is 0 Å². The van der Waals surface area contributed by atoms with Crippen molar-refractivity contribution < 1.29 is 19.1 Å². The Hall–Kier alpha value is -4.07. The highest BCUT2D eigenvalue weighted by molar-refractivity contribution is 6.04. The van der Waals surface area contributed by atoms with E-state index >= 15 is 0 Å². The fraction of sp³-hybridized carbons (Fsp3) is 0.345. The molecule has 0 spiro atoms. The molecule has 8 nitrogen and oxygen atoms in total. The van der Waals surface area contributed by atoms with Gasteiger partial charge in [-0.05, 0) is 76.9 Å². The molecule has 1 unspecified atom stereocenters. The van der Waals surface area contributed by atoms with Gasteiger partial charge in [0.2, 0.25) is 0 Å². The molecule has 0 saturated carbocycles. The molecule has 2 amide bonds. The summed E-state index contributed by atoms with van der Waals surface area (Å²) in [7, 11) is 0. The van der Waals surface area contributed by atoms with Gasteiger partial charge < -0.3 is 19.4 Å². The zero-order chi connectivity index (χ0) is 26.7. The Morgan fingerprint density at radius 3 is 2.57 bits per heavy atom. The van der Waals surface area contributed by atoms with Crippen molar-refractivity contribution in [1.82, 2.24) is 15.2 Å². The molecule has 2 heterocycles. The number of benzene rings is 2. The van der Waals surface area contributed by atoms with E-state index in [9.17, 15) is 9.59 Å². The third-order valence-corrected chi connectivity index (χ3v) is 6.43. The Labute approximate surface area is 217 Å². The maximum Gasteiger partial charge on any atom is 0.413 e. The van der Waals surface area contributed by atoms with E-state index in [1.165, 1.54) is 0 Å². The number of nitrogens with one attached hydrogen (secondary N) is 3. The molecule has 8 heteroatoms. The van der Waals surface area contributed by atoms with Gasteiger partial charge in [0, 0.05) is 41.2 Å². The number of fused-ring (bicyclic) bond motifs is 1. The molecule has 0 bridgehead atoms. The smallest absolute Gasteiger partial charge is 0.413 e. The van der Waals surface area contributed by atoms with Gasteiger partial charge >= 0.3 is 6.09 Å². The molecule has 3 aromatic rings. The van der Waals surface area contributed by atoms with E-state index in [-0.39, 0.29) is 17.7 Å². The van der Waals surface area contributed by atoms with Crippen molar-refractivity contribution in [2.24, 2.45) is 0 Å². The number of hydrogen-bond donors (Lipinski definition) is 3. The molecule has 2 aromatic carbocycles. The zero-order valence-corrected chi connectivity index (χ0v) is 22.0. The summed E-state index contributed by atoms with van der Waals surface area (Å²) in [6, 6.07) is 15.4. The Morgan fingerprint density at radius 2 is 1.86 bits per heavy atom. The molecular weight excluding hydrogens is 468 g/mol. The minimum Gasteiger partial charge on any atom is -0.493 e. The largest absolute Gasteiger partial charge is 0.493 e. The van der Waals surface area contributed by atoms with Gasteiger partial charge in [-0.15, -0.1) is 0 Å². The average Bonchev–Trinajstić information content (AvgIpc) is 3.38. The third-order valence-electron chi connectivity index (χ3n) is 6.43. The number of rotatable bonds is 6. The van der Waals surface area contributed by atoms with E-state index in [0.29, 0.717) is 30.7 Å². The fourth-order valence-electron chi connectivity index (χ4n) is 4.39. The normalized spacial score (nSPS) is 14.5. The highest BCUT2D eigenvalue weighted by Gasteiger charge is 2.26. The van der Waals surface area contributed by atoms with E-state index in [1.807, 2.05) is 67.1 Å². The fourth-order valence-corrected chi connectivity index (χ4v) is 4.39. The highest BCUT2D eigenvalue weighted by atomic mass is 16.6. The number of amides is 2. The zero-order valence-electron chi connectivity index (χ0n) is 22.0. The lowest BCUT2D eigenvalue weighted by molar-refractivity contribution is 0.0563. The first kappa shape index (κ1) is 26.0. The summed E-state index contributed by atoms with van der Waals surface area (Å²) in [4.78, 5) is 25.0. The molecular formula is C29H34N4O4. The van der Waals surface area contributed by atoms with Gasteiger partial charge in [0.05, 0.1) is 12.2 Å². The van der Waals surface area contributed by atoms with Crippen LogP contribution in [0.3, 0.4) is 0 Å². The molecule has 0 radical (unpaired) electrons. The molecule has 1 atom stereocenters. The Morgan fingerprint density at radius 1 is 1.14 bits per heavy atom. The molecule has 1 aromatic heterocycles. The van der Waals surface area contributed by atoms with Gasteiger partial charge in [0.15, 0.2) is 0 Å². The molecule has 37 heavy (non-hydrogen) atoms. The summed E-state index contributed by atoms with van der Waals surface area (Å²) >= 11 is 0. The minimum atomic E-state index is -0.667. The predicted octanol–water partition coefficient (Wildman–Crippen LogP) is 5.24. The van der Waals surface area contributed by atoms with Crippen molar-refractivity contribution in [1.29, 1.82) is 5.41 Å². The Bertz CT molecular complexity index is 1320. The number of ether oxygens (including phenoxy) is 2. The minimum absolute atomic E-state index is 0.0372. The van der Waals surface area contributed by atoms with E-state index in [4.69, 9.17) is 14.9 Å². The number of nitrogens with zero attached hydrogens (tertiary/aromatic N) is 1. The van der Waals surface area contributed by atoms with E-state index in [1.54, 1.807) is 26.8 Å². The van der Waals surface area contributed by atoms with Crippen LogP contribution in [-0.4, -0.2) is 41.2 Å². The first-order valence-electron chi connectivity index (χ1n) is 12.4. The molecule has 1 aliphatic heterocycles. The van der Waals surface area contributed by atoms with Crippen LogP contribution in [0.4, 0.5) is 4.79 Å². The van der Waals surface area contributed by atoms with Crippen molar-refractivity contribution in [3.05, 3.63) is 82.7 Å². The number of aromatic nitrogens is 1. The second-order valence-electron chi connectivity index (χ2n) is 10.3. The molecule has 0 aliphatic carbocycles. The maximum atomic E-state index is 13.0. The molecule has 4 rings (SSSR count). The highest BCUT2D eigenvalue weighted by Crippen LogP contribution is 2.36. The summed E-state index contributed by atoms with van der Waals surface area (Å²) in [5.74, 6) is 0.689. The number of amidine groups is 1. The van der Waals surface area contributed by atoms with Crippen molar-refractivity contribution >= 4 is 17.8 Å². The van der Waals surface area contributed by atoms with Crippen LogP contribution in [0.15, 0.2) is 54.7 Å². The third kappa shape index (κ3) is 6.02. The predicted molar refractivity (Wildman–Crippen MR) is 143 cm³/mol. The van der Waals surface area contributed by atoms with Gasteiger partial charge in [-0.25, -0.2) is 4.79 Å². The summed E-state index contributed by atoms with van der Waals surface area (Å²) in [5.41, 5.74) is 4.55. The van der Waals surface area contributed by atoms with Crippen LogP contribution in [0.1, 0.15) is 65.9 Å². The van der Waals surface area contributed by atoms with Gasteiger partial charge in [-0.3, -0.25) is 15.5 Å². The number of alkyl carbamates (subject to hydrolysis) is 1. The van der Waals surface area contributed by atoms with Crippen molar-refractivity contribution in [3.8, 4) is 11.4 Å². The van der Waals surface area contributed by atoms with Gasteiger partial charge in [0.1, 0.15) is 17.2 Å². The van der Waals surface area contributed by atoms with E-state index < -0.39 is 11.7 Å². The first-order chi connectivity index (χ1) is 17.5. The summed E-state index contributed by atoms with van der Waals surface area (Å²) in [6.45, 7) is 10.3. The molecule has 1 aliphatic rings. The SMILES string of the molecule is Cc1c(C(=O)NCCC2COc3ccc(C(=N)NC(=O)OC(C)(C)C)cc32)cn(-c2ccccc2)c1C. The van der Waals surface area contributed by atoms with E-state index in [2.05, 4.69) is 10.6 Å². The quantitative estimate of drug-likeness (QED) is 0.317. The molecule has 194 valence electrons. The van der Waals surface area contributed by atoms with Crippen molar-refractivity contribution in [2.45, 2.75) is 52.6 Å². The monoisotopic (exact) mass is 502 g/mol. The number of para-hydroxylation sites is 1. The lowest BCUT2D eigenvalue weighted by Gasteiger charge is -2.20. The van der Waals surface area contributed by atoms with Crippen molar-refractivity contribution in [2.75, 3.05) is 13.2 Å². The number of carbonyl (C=O) groups is 2. The van der Waals surface area contributed by atoms with Gasteiger partial charge in [0.25, 0.3) is 5.91 Å². The van der Waals surface area contributed by atoms with Crippen LogP contribution in [0.25, 0.3) is 5.69 Å². The van der Waals surface area contributed by atoms with E-state index in [0.717, 1.165) is 28.3 Å². The second-order valence-corrected chi connectivity index (χ2v) is 10.3. The van der Waals surface area contributed by atoms with Crippen LogP contribution < -0.4 is 15.4 Å². The number of hydrogen-bond acceptors (Lipinski definition) is 5. The van der Waals surface area contributed by atoms with Gasteiger partial charge in [-0.1, -0.05) is 18.2 Å². The lowest BCUT2D eigenvalue weighted by atomic mass is 9.96. The van der Waals surface area contributed by atoms with Crippen LogP contribution >= 0.6 is 0 Å². The Kier molecular flexibility index (Phi) is 7.38. The first-order valence-corrected chi connectivity index (χ1v) is 12.4. The van der Waals surface area contributed by atoms with Crippen LogP contribution in [0.2, 0.25) is 0 Å². The summed E-state index contributed by atoms with van der Waals surface area (Å²) in [5, 5.41) is 13.8. The lowest BCUT2D eigenvalue weighted by Crippen LogP contribution is -2.36. The molecule has 0 saturated heterocycles. The summed E-state index contributed by atoms with van der Waals surface area (Å²) in [6.07, 6.45) is 1.91. The maximum absolute atomic E-state index is 13.0. The topological polar surface area (TPSA) is 105 Å². The average molecular weight is 503 g/mol.